The van der Waals surface area contributed by atoms with Crippen LogP contribution >= 0.6 is 0 Å². The number of hydrogen-bond donors (Lipinski definition) is 1. The van der Waals surface area contributed by atoms with E-state index in [9.17, 15) is 5.11 Å². The number of methoxy groups -OCH3 is 2. The normalized spacial score (nSPS) is 17.4. The molecule has 0 amide bonds. The molecule has 0 spiro atoms. The van der Waals surface area contributed by atoms with Crippen molar-refractivity contribution in [3.63, 3.8) is 0 Å². The maximum absolute atomic E-state index is 9.98. The molecule has 0 heterocycles. The summed E-state index contributed by atoms with van der Waals surface area (Å²) < 4.78 is 29.5. The number of hydrogen-bond acceptors (Lipinski definition) is 6. The summed E-state index contributed by atoms with van der Waals surface area (Å²) in [5.41, 5.74) is 2.17. The first kappa shape index (κ1) is 32.8. The van der Waals surface area contributed by atoms with Crippen LogP contribution in [0.25, 0.3) is 0 Å². The highest BCUT2D eigenvalue weighted by molar-refractivity contribution is 6.74. The molecular weight excluding hydrogens is 472 g/mol. The SMILES string of the molecule is COCO[C@@H](/C(C)=C/[C@@H](C)CO[Si](C)(C)C(C)(C)C)[C@@H](C)[C@H](OCc1ccc(OC)cc1)[C@@H](C)CO. The molecule has 0 aromatic heterocycles. The lowest BCUT2D eigenvalue weighted by molar-refractivity contribution is -0.119. The minimum absolute atomic E-state index is 0.00897. The van der Waals surface area contributed by atoms with Crippen LogP contribution in [0.4, 0.5) is 0 Å². The summed E-state index contributed by atoms with van der Waals surface area (Å²) in [6.07, 6.45) is 1.82. The van der Waals surface area contributed by atoms with Crippen molar-refractivity contribution in [2.24, 2.45) is 17.8 Å². The van der Waals surface area contributed by atoms with Gasteiger partial charge in [0.05, 0.1) is 25.9 Å². The van der Waals surface area contributed by atoms with Gasteiger partial charge in [0.25, 0.3) is 0 Å². The number of ether oxygens (including phenoxy) is 4. The van der Waals surface area contributed by atoms with Gasteiger partial charge in [0.2, 0.25) is 0 Å². The molecule has 1 aromatic carbocycles. The minimum Gasteiger partial charge on any atom is -0.497 e. The Labute approximate surface area is 221 Å². The Balaban J connectivity index is 3.02. The maximum Gasteiger partial charge on any atom is 0.192 e. The third kappa shape index (κ3) is 10.3. The van der Waals surface area contributed by atoms with Crippen molar-refractivity contribution in [1.82, 2.24) is 0 Å². The molecule has 1 N–H and O–H groups in total. The fourth-order valence-electron chi connectivity index (χ4n) is 4.01. The Bertz CT molecular complexity index is 771. The van der Waals surface area contributed by atoms with E-state index < -0.39 is 8.32 Å². The van der Waals surface area contributed by atoms with Crippen LogP contribution in [0.2, 0.25) is 18.1 Å². The molecule has 5 atom stereocenters. The van der Waals surface area contributed by atoms with Gasteiger partial charge < -0.3 is 28.5 Å². The number of rotatable bonds is 16. The van der Waals surface area contributed by atoms with Crippen molar-refractivity contribution in [2.75, 3.05) is 34.2 Å². The molecule has 0 aliphatic rings. The Hall–Kier alpha value is -1.22. The molecule has 0 aliphatic carbocycles. The lowest BCUT2D eigenvalue weighted by Crippen LogP contribution is -2.42. The zero-order valence-electron chi connectivity index (χ0n) is 24.6. The zero-order valence-corrected chi connectivity index (χ0v) is 25.6. The summed E-state index contributed by atoms with van der Waals surface area (Å²) in [5, 5.41) is 10.2. The van der Waals surface area contributed by atoms with Crippen LogP contribution in [0, 0.1) is 17.8 Å². The highest BCUT2D eigenvalue weighted by atomic mass is 28.4. The predicted octanol–water partition coefficient (Wildman–Crippen LogP) is 6.44. The van der Waals surface area contributed by atoms with Crippen molar-refractivity contribution in [3.8, 4) is 5.75 Å². The second kappa shape index (κ2) is 15.3. The second-order valence-corrected chi connectivity index (χ2v) is 16.4. The van der Waals surface area contributed by atoms with E-state index in [4.69, 9.17) is 23.4 Å². The van der Waals surface area contributed by atoms with Gasteiger partial charge in [0, 0.05) is 32.2 Å². The zero-order chi connectivity index (χ0) is 27.5. The van der Waals surface area contributed by atoms with E-state index in [0.717, 1.165) is 16.9 Å². The Morgan fingerprint density at radius 3 is 2.14 bits per heavy atom. The van der Waals surface area contributed by atoms with Crippen molar-refractivity contribution in [1.29, 1.82) is 0 Å². The highest BCUT2D eigenvalue weighted by Gasteiger charge is 2.37. The fourth-order valence-corrected chi connectivity index (χ4v) is 5.12. The second-order valence-electron chi connectivity index (χ2n) is 11.6. The third-order valence-electron chi connectivity index (χ3n) is 7.32. The van der Waals surface area contributed by atoms with E-state index in [1.807, 2.05) is 31.2 Å². The van der Waals surface area contributed by atoms with Gasteiger partial charge in [-0.3, -0.25) is 0 Å². The van der Waals surface area contributed by atoms with Crippen molar-refractivity contribution >= 4 is 8.32 Å². The lowest BCUT2D eigenvalue weighted by Gasteiger charge is -2.37. The Morgan fingerprint density at radius 1 is 1.03 bits per heavy atom. The highest BCUT2D eigenvalue weighted by Crippen LogP contribution is 2.37. The van der Waals surface area contributed by atoms with Gasteiger partial charge >= 0.3 is 0 Å². The number of aliphatic hydroxyl groups excluding tert-OH is 1. The van der Waals surface area contributed by atoms with Gasteiger partial charge in [-0.05, 0) is 54.2 Å². The van der Waals surface area contributed by atoms with Gasteiger partial charge in [-0.1, -0.05) is 59.8 Å². The number of benzene rings is 1. The molecule has 0 saturated carbocycles. The molecule has 36 heavy (non-hydrogen) atoms. The van der Waals surface area contributed by atoms with Crippen LogP contribution in [0.15, 0.2) is 35.9 Å². The molecule has 208 valence electrons. The smallest absolute Gasteiger partial charge is 0.192 e. The summed E-state index contributed by atoms with van der Waals surface area (Å²) in [4.78, 5) is 0. The number of aliphatic hydroxyl groups is 1. The summed E-state index contributed by atoms with van der Waals surface area (Å²) in [6.45, 7) is 21.1. The topological polar surface area (TPSA) is 66.4 Å². The molecule has 0 fully saturated rings. The molecule has 6 nitrogen and oxygen atoms in total. The Morgan fingerprint density at radius 2 is 1.64 bits per heavy atom. The Kier molecular flexibility index (Phi) is 13.9. The minimum atomic E-state index is -1.81. The molecule has 0 radical (unpaired) electrons. The molecule has 1 aromatic rings. The van der Waals surface area contributed by atoms with Crippen LogP contribution in [-0.4, -0.2) is 59.9 Å². The van der Waals surface area contributed by atoms with Gasteiger partial charge in [0.1, 0.15) is 12.5 Å². The summed E-state index contributed by atoms with van der Waals surface area (Å²) >= 11 is 0. The van der Waals surface area contributed by atoms with E-state index in [0.29, 0.717) is 13.2 Å². The van der Waals surface area contributed by atoms with Crippen LogP contribution in [0.5, 0.6) is 5.75 Å². The first-order valence-electron chi connectivity index (χ1n) is 13.1. The van der Waals surface area contributed by atoms with E-state index in [1.165, 1.54) is 0 Å². The van der Waals surface area contributed by atoms with Crippen molar-refractivity contribution in [2.45, 2.75) is 85.4 Å². The van der Waals surface area contributed by atoms with Crippen LogP contribution in [0.1, 0.15) is 54.0 Å². The van der Waals surface area contributed by atoms with Crippen LogP contribution in [-0.2, 0) is 25.2 Å². The maximum atomic E-state index is 9.98. The van der Waals surface area contributed by atoms with Crippen molar-refractivity contribution in [3.05, 3.63) is 41.5 Å². The van der Waals surface area contributed by atoms with Crippen molar-refractivity contribution < 1.29 is 28.5 Å². The van der Waals surface area contributed by atoms with E-state index in [1.54, 1.807) is 14.2 Å². The van der Waals surface area contributed by atoms with E-state index >= 15 is 0 Å². The standard InChI is InChI=1S/C29H52O6Si/c1-21(18-35-36(10,11)29(5,6)7)16-22(2)27(34-20-31-8)24(4)28(23(3)17-30)33-19-25-12-14-26(32-9)15-13-25/h12-16,21,23-24,27-28,30H,17-20H2,1-11H3/b22-16+/t21-,23+,24-,27+,28-/m1/s1. The van der Waals surface area contributed by atoms with E-state index in [-0.39, 0.29) is 48.4 Å². The molecule has 0 unspecified atom stereocenters. The summed E-state index contributed by atoms with van der Waals surface area (Å²) in [6, 6.07) is 7.85. The fraction of sp³-hybridized carbons (Fsp3) is 0.724. The van der Waals surface area contributed by atoms with Gasteiger partial charge in [0.15, 0.2) is 8.32 Å². The van der Waals surface area contributed by atoms with Gasteiger partial charge in [-0.2, -0.15) is 0 Å². The van der Waals surface area contributed by atoms with Crippen LogP contribution < -0.4 is 4.74 Å². The quantitative estimate of drug-likeness (QED) is 0.153. The molecule has 0 aliphatic heterocycles. The van der Waals surface area contributed by atoms with Gasteiger partial charge in [-0.15, -0.1) is 0 Å². The summed E-state index contributed by atoms with van der Waals surface area (Å²) in [5.74, 6) is 0.992. The first-order valence-corrected chi connectivity index (χ1v) is 16.0. The molecular formula is C29H52O6Si. The summed E-state index contributed by atoms with van der Waals surface area (Å²) in [7, 11) is 1.47. The molecule has 0 bridgehead atoms. The first-order chi connectivity index (χ1) is 16.8. The van der Waals surface area contributed by atoms with E-state index in [2.05, 4.69) is 60.7 Å². The predicted molar refractivity (Wildman–Crippen MR) is 150 cm³/mol. The average Bonchev–Trinajstić information content (AvgIpc) is 2.82. The van der Waals surface area contributed by atoms with Crippen LogP contribution in [0.3, 0.4) is 0 Å². The van der Waals surface area contributed by atoms with Gasteiger partial charge in [-0.25, -0.2) is 0 Å². The molecule has 1 rings (SSSR count). The molecule has 7 heteroatoms. The molecule has 0 saturated heterocycles. The third-order valence-corrected chi connectivity index (χ3v) is 11.8. The lowest BCUT2D eigenvalue weighted by atomic mass is 9.85. The largest absolute Gasteiger partial charge is 0.497 e. The average molecular weight is 525 g/mol. The monoisotopic (exact) mass is 524 g/mol.